The van der Waals surface area contributed by atoms with Crippen LogP contribution in [0.5, 0.6) is 0 Å². The average Bonchev–Trinajstić information content (AvgIpc) is 2.46. The zero-order valence-electron chi connectivity index (χ0n) is 11.3. The third kappa shape index (κ3) is 2.98. The van der Waals surface area contributed by atoms with Crippen molar-refractivity contribution in [2.45, 2.75) is 13.5 Å². The summed E-state index contributed by atoms with van der Waals surface area (Å²) in [5, 5.41) is 18.4. The lowest BCUT2D eigenvalue weighted by molar-refractivity contribution is 0.0697. The van der Waals surface area contributed by atoms with E-state index in [1.165, 1.54) is 31.2 Å². The van der Waals surface area contributed by atoms with Crippen LogP contribution in [-0.4, -0.2) is 22.0 Å². The average molecular weight is 288 g/mol. The molecule has 4 nitrogen and oxygen atoms in total. The number of ketones is 1. The van der Waals surface area contributed by atoms with Gasteiger partial charge in [0.15, 0.2) is 5.78 Å². The van der Waals surface area contributed by atoms with Crippen LogP contribution in [0.15, 0.2) is 36.4 Å². The molecule has 0 fully saturated rings. The summed E-state index contributed by atoms with van der Waals surface area (Å²) in [5.74, 6) is -2.05. The molecule has 0 aromatic heterocycles. The molecule has 0 aliphatic rings. The van der Waals surface area contributed by atoms with Gasteiger partial charge >= 0.3 is 5.97 Å². The molecular formula is C16H13FO4. The third-order valence-electron chi connectivity index (χ3n) is 3.15. The molecule has 2 rings (SSSR count). The second-order valence-corrected chi connectivity index (χ2v) is 4.59. The number of carboxylic acids is 1. The SMILES string of the molecule is CC(=O)c1ccc(F)cc1-c1cc(CO)ccc1C(=O)O. The van der Waals surface area contributed by atoms with Gasteiger partial charge in [-0.15, -0.1) is 0 Å². The normalized spacial score (nSPS) is 10.4. The van der Waals surface area contributed by atoms with Crippen molar-refractivity contribution in [3.63, 3.8) is 0 Å². The van der Waals surface area contributed by atoms with Crippen molar-refractivity contribution in [3.8, 4) is 11.1 Å². The molecule has 0 atom stereocenters. The fourth-order valence-electron chi connectivity index (χ4n) is 2.15. The Balaban J connectivity index is 2.78. The summed E-state index contributed by atoms with van der Waals surface area (Å²) >= 11 is 0. The van der Waals surface area contributed by atoms with E-state index in [0.717, 1.165) is 12.1 Å². The number of aliphatic hydroxyl groups is 1. The monoisotopic (exact) mass is 288 g/mol. The van der Waals surface area contributed by atoms with Crippen LogP contribution in [0, 0.1) is 5.82 Å². The van der Waals surface area contributed by atoms with Crippen LogP contribution >= 0.6 is 0 Å². The van der Waals surface area contributed by atoms with E-state index in [9.17, 15) is 24.2 Å². The number of carboxylic acid groups (broad SMARTS) is 1. The highest BCUT2D eigenvalue weighted by molar-refractivity contribution is 6.04. The lowest BCUT2D eigenvalue weighted by Crippen LogP contribution is -2.04. The summed E-state index contributed by atoms with van der Waals surface area (Å²) in [7, 11) is 0. The largest absolute Gasteiger partial charge is 0.478 e. The van der Waals surface area contributed by atoms with Crippen LogP contribution in [0.1, 0.15) is 33.2 Å². The molecular weight excluding hydrogens is 275 g/mol. The molecule has 0 amide bonds. The molecule has 21 heavy (non-hydrogen) atoms. The van der Waals surface area contributed by atoms with Gasteiger partial charge in [-0.1, -0.05) is 6.07 Å². The Kier molecular flexibility index (Phi) is 4.14. The number of hydrogen-bond donors (Lipinski definition) is 2. The smallest absolute Gasteiger partial charge is 0.336 e. The van der Waals surface area contributed by atoms with E-state index in [4.69, 9.17) is 0 Å². The first-order valence-corrected chi connectivity index (χ1v) is 6.22. The predicted octanol–water partition coefficient (Wildman–Crippen LogP) is 2.89. The number of aromatic carboxylic acids is 1. The molecule has 5 heteroatoms. The summed E-state index contributed by atoms with van der Waals surface area (Å²) in [6.07, 6.45) is 0. The van der Waals surface area contributed by atoms with Crippen molar-refractivity contribution in [2.24, 2.45) is 0 Å². The fraction of sp³-hybridized carbons (Fsp3) is 0.125. The van der Waals surface area contributed by atoms with E-state index in [0.29, 0.717) is 5.56 Å². The first kappa shape index (κ1) is 14.9. The Hall–Kier alpha value is -2.53. The summed E-state index contributed by atoms with van der Waals surface area (Å²) in [5.41, 5.74) is 1.07. The number of halogens is 1. The Labute approximate surface area is 120 Å². The number of Topliss-reactive ketones (excluding diaryl/α,β-unsaturated/α-hetero) is 1. The maximum Gasteiger partial charge on any atom is 0.336 e. The first-order chi connectivity index (χ1) is 9.93. The molecule has 0 radical (unpaired) electrons. The number of benzene rings is 2. The Morgan fingerprint density at radius 3 is 2.24 bits per heavy atom. The van der Waals surface area contributed by atoms with Crippen molar-refractivity contribution >= 4 is 11.8 Å². The van der Waals surface area contributed by atoms with E-state index in [2.05, 4.69) is 0 Å². The van der Waals surface area contributed by atoms with Crippen molar-refractivity contribution in [2.75, 3.05) is 0 Å². The number of aliphatic hydroxyl groups excluding tert-OH is 1. The van der Waals surface area contributed by atoms with E-state index < -0.39 is 11.8 Å². The van der Waals surface area contributed by atoms with E-state index in [-0.39, 0.29) is 34.6 Å². The zero-order chi connectivity index (χ0) is 15.6. The van der Waals surface area contributed by atoms with Gasteiger partial charge in [0, 0.05) is 5.56 Å². The fourth-order valence-corrected chi connectivity index (χ4v) is 2.15. The van der Waals surface area contributed by atoms with Crippen molar-refractivity contribution in [3.05, 3.63) is 58.9 Å². The van der Waals surface area contributed by atoms with Crippen LogP contribution in [0.2, 0.25) is 0 Å². The minimum atomic E-state index is -1.19. The molecule has 0 aliphatic carbocycles. The van der Waals surface area contributed by atoms with Crippen LogP contribution < -0.4 is 0 Å². The summed E-state index contributed by atoms with van der Waals surface area (Å²) in [4.78, 5) is 23.0. The van der Waals surface area contributed by atoms with E-state index in [1.807, 2.05) is 0 Å². The summed E-state index contributed by atoms with van der Waals surface area (Å²) in [6.45, 7) is 1.05. The predicted molar refractivity (Wildman–Crippen MR) is 74.7 cm³/mol. The summed E-state index contributed by atoms with van der Waals surface area (Å²) in [6, 6.07) is 7.85. The molecule has 108 valence electrons. The first-order valence-electron chi connectivity index (χ1n) is 6.22. The molecule has 0 aliphatic heterocycles. The summed E-state index contributed by atoms with van der Waals surface area (Å²) < 4.78 is 13.5. The molecule has 0 heterocycles. The van der Waals surface area contributed by atoms with Gasteiger partial charge in [-0.05, 0) is 53.9 Å². The highest BCUT2D eigenvalue weighted by Gasteiger charge is 2.17. The van der Waals surface area contributed by atoms with Gasteiger partial charge in [-0.25, -0.2) is 9.18 Å². The quantitative estimate of drug-likeness (QED) is 0.848. The van der Waals surface area contributed by atoms with Gasteiger partial charge in [-0.2, -0.15) is 0 Å². The van der Waals surface area contributed by atoms with Gasteiger partial charge in [-0.3, -0.25) is 4.79 Å². The maximum absolute atomic E-state index is 13.5. The van der Waals surface area contributed by atoms with Gasteiger partial charge in [0.1, 0.15) is 5.82 Å². The van der Waals surface area contributed by atoms with E-state index >= 15 is 0 Å². The Bertz CT molecular complexity index is 722. The number of rotatable bonds is 4. The molecule has 2 aromatic rings. The minimum absolute atomic E-state index is 0.0553. The molecule has 0 saturated carbocycles. The number of carbonyl (C=O) groups is 2. The molecule has 0 saturated heterocycles. The van der Waals surface area contributed by atoms with Gasteiger partial charge in [0.2, 0.25) is 0 Å². The van der Waals surface area contributed by atoms with E-state index in [1.54, 1.807) is 0 Å². The minimum Gasteiger partial charge on any atom is -0.478 e. The van der Waals surface area contributed by atoms with Gasteiger partial charge in [0.25, 0.3) is 0 Å². The molecule has 0 bridgehead atoms. The van der Waals surface area contributed by atoms with Gasteiger partial charge < -0.3 is 10.2 Å². The van der Waals surface area contributed by atoms with Crippen molar-refractivity contribution < 1.29 is 24.2 Å². The second-order valence-electron chi connectivity index (χ2n) is 4.59. The topological polar surface area (TPSA) is 74.6 Å². The standard InChI is InChI=1S/C16H13FO4/c1-9(19)12-5-3-11(17)7-15(12)14-6-10(8-18)2-4-13(14)16(20)21/h2-7,18H,8H2,1H3,(H,20,21). The highest BCUT2D eigenvalue weighted by atomic mass is 19.1. The highest BCUT2D eigenvalue weighted by Crippen LogP contribution is 2.29. The van der Waals surface area contributed by atoms with Crippen LogP contribution in [0.3, 0.4) is 0 Å². The van der Waals surface area contributed by atoms with Crippen molar-refractivity contribution in [1.29, 1.82) is 0 Å². The number of carbonyl (C=O) groups excluding carboxylic acids is 1. The van der Waals surface area contributed by atoms with Crippen molar-refractivity contribution in [1.82, 2.24) is 0 Å². The maximum atomic E-state index is 13.5. The second kappa shape index (κ2) is 5.85. The molecule has 0 spiro atoms. The van der Waals surface area contributed by atoms with Crippen LogP contribution in [0.4, 0.5) is 4.39 Å². The Morgan fingerprint density at radius 2 is 1.67 bits per heavy atom. The zero-order valence-corrected chi connectivity index (χ0v) is 11.3. The lowest BCUT2D eigenvalue weighted by atomic mass is 9.92. The molecule has 2 N–H and O–H groups in total. The van der Waals surface area contributed by atoms with Gasteiger partial charge in [0.05, 0.1) is 12.2 Å². The van der Waals surface area contributed by atoms with Crippen LogP contribution in [0.25, 0.3) is 11.1 Å². The third-order valence-corrected chi connectivity index (χ3v) is 3.15. The molecule has 0 unspecified atom stereocenters. The number of hydrogen-bond acceptors (Lipinski definition) is 3. The molecule has 2 aromatic carbocycles. The lowest BCUT2D eigenvalue weighted by Gasteiger charge is -2.12. The Morgan fingerprint density at radius 1 is 1.05 bits per heavy atom. The van der Waals surface area contributed by atoms with Crippen LogP contribution in [-0.2, 0) is 6.61 Å².